The quantitative estimate of drug-likeness (QED) is 0.488. The average molecular weight is 274 g/mol. The first-order valence-corrected chi connectivity index (χ1v) is 5.90. The van der Waals surface area contributed by atoms with E-state index in [1.807, 2.05) is 0 Å². The number of ether oxygens (including phenoxy) is 1. The Balaban J connectivity index is 2.60. The predicted octanol–water partition coefficient (Wildman–Crippen LogP) is 0.646. The number of amides is 3. The van der Waals surface area contributed by atoms with E-state index in [1.165, 1.54) is 30.4 Å². The van der Waals surface area contributed by atoms with Gasteiger partial charge in [0.2, 0.25) is 0 Å². The molecule has 6 nitrogen and oxygen atoms in total. The first-order chi connectivity index (χ1) is 9.45. The van der Waals surface area contributed by atoms with Gasteiger partial charge in [0.25, 0.3) is 17.7 Å². The molecule has 0 aromatic heterocycles. The lowest BCUT2D eigenvalue weighted by molar-refractivity contribution is -0.114. The van der Waals surface area contributed by atoms with Crippen molar-refractivity contribution < 1.29 is 19.1 Å². The van der Waals surface area contributed by atoms with Crippen molar-refractivity contribution in [2.75, 3.05) is 21.2 Å². The molecule has 0 atom stereocenters. The fourth-order valence-electron chi connectivity index (χ4n) is 1.95. The smallest absolute Gasteiger partial charge is 0.261 e. The molecule has 0 unspecified atom stereocenters. The van der Waals surface area contributed by atoms with Gasteiger partial charge in [-0.1, -0.05) is 0 Å². The van der Waals surface area contributed by atoms with Crippen molar-refractivity contribution in [1.82, 2.24) is 10.2 Å². The first kappa shape index (κ1) is 13.8. The molecule has 0 aliphatic carbocycles. The van der Waals surface area contributed by atoms with Crippen LogP contribution in [0, 0.1) is 0 Å². The van der Waals surface area contributed by atoms with Gasteiger partial charge in [0.1, 0.15) is 0 Å². The van der Waals surface area contributed by atoms with Crippen molar-refractivity contribution in [2.24, 2.45) is 0 Å². The molecule has 1 aliphatic rings. The third kappa shape index (κ3) is 2.27. The normalized spacial score (nSPS) is 15.7. The molecule has 1 aromatic carbocycles. The van der Waals surface area contributed by atoms with E-state index in [4.69, 9.17) is 4.74 Å². The van der Waals surface area contributed by atoms with Crippen molar-refractivity contribution in [2.45, 2.75) is 0 Å². The van der Waals surface area contributed by atoms with Crippen LogP contribution in [0.1, 0.15) is 26.3 Å². The molecule has 1 heterocycles. The SMILES string of the molecule is COC=C1C(=O)NC(=O)c2ccc(C(=O)N(C)C)cc21. The second-order valence-electron chi connectivity index (χ2n) is 4.51. The molecule has 0 radical (unpaired) electrons. The van der Waals surface area contributed by atoms with E-state index in [9.17, 15) is 14.4 Å². The molecule has 0 fully saturated rings. The molecule has 0 bridgehead atoms. The van der Waals surface area contributed by atoms with E-state index in [1.54, 1.807) is 20.2 Å². The molecule has 1 aliphatic heterocycles. The van der Waals surface area contributed by atoms with Gasteiger partial charge in [-0.05, 0) is 18.2 Å². The molecule has 104 valence electrons. The molecule has 1 aromatic rings. The molecule has 0 spiro atoms. The van der Waals surface area contributed by atoms with Crippen LogP contribution in [0.4, 0.5) is 0 Å². The van der Waals surface area contributed by atoms with E-state index >= 15 is 0 Å². The number of hydrogen-bond acceptors (Lipinski definition) is 4. The summed E-state index contributed by atoms with van der Waals surface area (Å²) in [6, 6.07) is 4.61. The lowest BCUT2D eigenvalue weighted by atomic mass is 9.93. The van der Waals surface area contributed by atoms with Crippen LogP contribution in [0.5, 0.6) is 0 Å². The van der Waals surface area contributed by atoms with Crippen LogP contribution in [0.15, 0.2) is 24.5 Å². The predicted molar refractivity (Wildman–Crippen MR) is 71.9 cm³/mol. The molecule has 1 N–H and O–H groups in total. The monoisotopic (exact) mass is 274 g/mol. The van der Waals surface area contributed by atoms with Gasteiger partial charge in [-0.15, -0.1) is 0 Å². The number of nitrogens with one attached hydrogen (secondary N) is 1. The van der Waals surface area contributed by atoms with Crippen LogP contribution >= 0.6 is 0 Å². The maximum Gasteiger partial charge on any atom is 0.261 e. The number of nitrogens with zero attached hydrogens (tertiary/aromatic N) is 1. The molecule has 0 saturated heterocycles. The maximum absolute atomic E-state index is 11.9. The molecular weight excluding hydrogens is 260 g/mol. The van der Waals surface area contributed by atoms with Crippen molar-refractivity contribution in [3.63, 3.8) is 0 Å². The second kappa shape index (κ2) is 5.16. The Morgan fingerprint density at radius 2 is 1.90 bits per heavy atom. The van der Waals surface area contributed by atoms with Crippen LogP contribution in [0.2, 0.25) is 0 Å². The van der Waals surface area contributed by atoms with Crippen LogP contribution in [-0.2, 0) is 9.53 Å². The first-order valence-electron chi connectivity index (χ1n) is 5.90. The van der Waals surface area contributed by atoms with Gasteiger partial charge in [0, 0.05) is 30.8 Å². The van der Waals surface area contributed by atoms with Crippen LogP contribution < -0.4 is 5.32 Å². The van der Waals surface area contributed by atoms with Gasteiger partial charge >= 0.3 is 0 Å². The minimum absolute atomic E-state index is 0.206. The highest BCUT2D eigenvalue weighted by Gasteiger charge is 2.28. The lowest BCUT2D eigenvalue weighted by Gasteiger charge is -2.19. The summed E-state index contributed by atoms with van der Waals surface area (Å²) in [5.74, 6) is -1.23. The highest BCUT2D eigenvalue weighted by atomic mass is 16.5. The van der Waals surface area contributed by atoms with Crippen molar-refractivity contribution >= 4 is 23.3 Å². The Bertz CT molecular complexity index is 632. The van der Waals surface area contributed by atoms with Gasteiger partial charge in [-0.3, -0.25) is 19.7 Å². The molecule has 20 heavy (non-hydrogen) atoms. The number of rotatable bonds is 2. The molecule has 6 heteroatoms. The summed E-state index contributed by atoms with van der Waals surface area (Å²) in [7, 11) is 4.67. The molecular formula is C14H14N2O4. The summed E-state index contributed by atoms with van der Waals surface area (Å²) in [4.78, 5) is 36.9. The van der Waals surface area contributed by atoms with E-state index in [2.05, 4.69) is 5.32 Å². The van der Waals surface area contributed by atoms with Crippen molar-refractivity contribution in [3.8, 4) is 0 Å². The van der Waals surface area contributed by atoms with Crippen molar-refractivity contribution in [3.05, 3.63) is 41.2 Å². The Morgan fingerprint density at radius 3 is 2.50 bits per heavy atom. The number of benzene rings is 1. The molecule has 0 saturated carbocycles. The molecule has 3 amide bonds. The number of methoxy groups -OCH3 is 1. The maximum atomic E-state index is 11.9. The number of carbonyl (C=O) groups is 3. The fourth-order valence-corrected chi connectivity index (χ4v) is 1.95. The van der Waals surface area contributed by atoms with Crippen LogP contribution in [0.25, 0.3) is 5.57 Å². The van der Waals surface area contributed by atoms with Gasteiger partial charge < -0.3 is 9.64 Å². The number of carbonyl (C=O) groups excluding carboxylic acids is 3. The standard InChI is InChI=1S/C14H14N2O4/c1-16(2)14(19)8-4-5-9-10(6-8)11(7-20-3)13(18)15-12(9)17/h4-7H,1-3H3,(H,15,17,18). The Kier molecular flexibility index (Phi) is 3.56. The number of hydrogen-bond donors (Lipinski definition) is 1. The van der Waals surface area contributed by atoms with Gasteiger partial charge in [0.05, 0.1) is 18.9 Å². The van der Waals surface area contributed by atoms with Gasteiger partial charge in [-0.25, -0.2) is 0 Å². The van der Waals surface area contributed by atoms with E-state index < -0.39 is 11.8 Å². The van der Waals surface area contributed by atoms with E-state index in [-0.39, 0.29) is 11.5 Å². The van der Waals surface area contributed by atoms with E-state index in [0.29, 0.717) is 16.7 Å². The Labute approximate surface area is 116 Å². The lowest BCUT2D eigenvalue weighted by Crippen LogP contribution is -2.36. The zero-order valence-corrected chi connectivity index (χ0v) is 11.4. The highest BCUT2D eigenvalue weighted by Crippen LogP contribution is 2.25. The largest absolute Gasteiger partial charge is 0.504 e. The van der Waals surface area contributed by atoms with Gasteiger partial charge in [0.15, 0.2) is 0 Å². The topological polar surface area (TPSA) is 75.7 Å². The summed E-state index contributed by atoms with van der Waals surface area (Å²) in [6.45, 7) is 0. The third-order valence-electron chi connectivity index (χ3n) is 2.91. The Morgan fingerprint density at radius 1 is 1.20 bits per heavy atom. The minimum Gasteiger partial charge on any atom is -0.504 e. The summed E-state index contributed by atoms with van der Waals surface area (Å²) >= 11 is 0. The van der Waals surface area contributed by atoms with Crippen molar-refractivity contribution in [1.29, 1.82) is 0 Å². The zero-order chi connectivity index (χ0) is 14.9. The van der Waals surface area contributed by atoms with Gasteiger partial charge in [-0.2, -0.15) is 0 Å². The molecule has 2 rings (SSSR count). The fraction of sp³-hybridized carbons (Fsp3) is 0.214. The summed E-state index contributed by atoms with van der Waals surface area (Å²) in [6.07, 6.45) is 1.25. The summed E-state index contributed by atoms with van der Waals surface area (Å²) in [5, 5.41) is 2.22. The summed E-state index contributed by atoms with van der Waals surface area (Å²) < 4.78 is 4.86. The van der Waals surface area contributed by atoms with Crippen LogP contribution in [-0.4, -0.2) is 43.8 Å². The van der Waals surface area contributed by atoms with E-state index in [0.717, 1.165) is 0 Å². The number of imide groups is 1. The summed E-state index contributed by atoms with van der Waals surface area (Å²) in [5.41, 5.74) is 1.35. The van der Waals surface area contributed by atoms with Crippen LogP contribution in [0.3, 0.4) is 0 Å². The average Bonchev–Trinajstić information content (AvgIpc) is 2.41. The highest BCUT2D eigenvalue weighted by molar-refractivity contribution is 6.31. The number of fused-ring (bicyclic) bond motifs is 1. The second-order valence-corrected chi connectivity index (χ2v) is 4.51. The third-order valence-corrected chi connectivity index (χ3v) is 2.91. The Hall–Kier alpha value is -2.63. The minimum atomic E-state index is -0.543. The zero-order valence-electron chi connectivity index (χ0n) is 11.4.